The number of hydrogen-bond acceptors (Lipinski definition) is 2. The van der Waals surface area contributed by atoms with E-state index in [2.05, 4.69) is 27.7 Å². The van der Waals surface area contributed by atoms with Crippen LogP contribution in [-0.2, 0) is 0 Å². The molecule has 0 saturated carbocycles. The zero-order valence-corrected chi connectivity index (χ0v) is 10.3. The van der Waals surface area contributed by atoms with Crippen LogP contribution in [0.25, 0.3) is 5.52 Å². The summed E-state index contributed by atoms with van der Waals surface area (Å²) >= 11 is 8.06. The maximum Gasteiger partial charge on any atom is 0.131 e. The molecule has 2 heterocycles. The topological polar surface area (TPSA) is 37.5 Å². The van der Waals surface area contributed by atoms with Gasteiger partial charge in [-0.05, 0) is 41.6 Å². The van der Waals surface area contributed by atoms with Crippen LogP contribution in [0.4, 0.5) is 0 Å². The van der Waals surface area contributed by atoms with Gasteiger partial charge in [-0.25, -0.2) is 4.52 Å². The zero-order valence-electron chi connectivity index (χ0n) is 7.41. The Morgan fingerprint density at radius 2 is 2.29 bits per heavy atom. The van der Waals surface area contributed by atoms with E-state index in [0.717, 1.165) is 14.8 Å². The van der Waals surface area contributed by atoms with Gasteiger partial charge in [-0.2, -0.15) is 5.10 Å². The van der Waals surface area contributed by atoms with E-state index in [-0.39, 0.29) is 0 Å². The van der Waals surface area contributed by atoms with E-state index in [4.69, 9.17) is 11.6 Å². The molecule has 1 atom stereocenters. The number of nitrogens with zero attached hydrogens (tertiary/aromatic N) is 2. The molecule has 0 bridgehead atoms. The molecule has 2 rings (SSSR count). The van der Waals surface area contributed by atoms with Gasteiger partial charge < -0.3 is 5.11 Å². The highest BCUT2D eigenvalue weighted by Crippen LogP contribution is 2.26. The molecule has 0 saturated heterocycles. The molecule has 74 valence electrons. The van der Waals surface area contributed by atoms with Crippen LogP contribution >= 0.6 is 34.2 Å². The van der Waals surface area contributed by atoms with Crippen LogP contribution in [0.3, 0.4) is 0 Å². The van der Waals surface area contributed by atoms with Crippen LogP contribution in [-0.4, -0.2) is 14.7 Å². The fourth-order valence-electron chi connectivity index (χ4n) is 1.41. The van der Waals surface area contributed by atoms with Crippen LogP contribution in [0, 0.1) is 3.70 Å². The average Bonchev–Trinajstić information content (AvgIpc) is 2.42. The van der Waals surface area contributed by atoms with Crippen molar-refractivity contribution in [2.24, 2.45) is 0 Å². The maximum absolute atomic E-state index is 9.58. The van der Waals surface area contributed by atoms with Crippen molar-refractivity contribution in [2.75, 3.05) is 0 Å². The molecule has 1 N–H and O–H groups in total. The van der Waals surface area contributed by atoms with Gasteiger partial charge >= 0.3 is 0 Å². The van der Waals surface area contributed by atoms with Crippen LogP contribution < -0.4 is 0 Å². The Bertz CT molecular complexity index is 481. The number of fused-ring (bicyclic) bond motifs is 1. The second kappa shape index (κ2) is 3.67. The average molecular weight is 323 g/mol. The minimum Gasteiger partial charge on any atom is -0.389 e. The SMILES string of the molecule is CC(O)c1c(I)nn2c(Cl)cccc12. The van der Waals surface area contributed by atoms with Crippen molar-refractivity contribution in [3.63, 3.8) is 0 Å². The van der Waals surface area contributed by atoms with Crippen molar-refractivity contribution in [3.05, 3.63) is 32.6 Å². The second-order valence-corrected chi connectivity index (χ2v) is 4.44. The predicted molar refractivity (Wildman–Crippen MR) is 63.6 cm³/mol. The zero-order chi connectivity index (χ0) is 10.3. The number of aliphatic hydroxyl groups excluding tert-OH is 1. The van der Waals surface area contributed by atoms with E-state index in [1.807, 2.05) is 12.1 Å². The van der Waals surface area contributed by atoms with Gasteiger partial charge in [0.05, 0.1) is 11.6 Å². The van der Waals surface area contributed by atoms with Crippen molar-refractivity contribution in [3.8, 4) is 0 Å². The molecular weight excluding hydrogens is 314 g/mol. The quantitative estimate of drug-likeness (QED) is 0.647. The lowest BCUT2D eigenvalue weighted by atomic mass is 10.2. The molecule has 0 fully saturated rings. The molecule has 0 aliphatic rings. The van der Waals surface area contributed by atoms with Crippen molar-refractivity contribution >= 4 is 39.7 Å². The summed E-state index contributed by atoms with van der Waals surface area (Å²) < 4.78 is 2.41. The minimum atomic E-state index is -0.530. The smallest absolute Gasteiger partial charge is 0.131 e. The largest absolute Gasteiger partial charge is 0.389 e. The van der Waals surface area contributed by atoms with Crippen molar-refractivity contribution in [1.29, 1.82) is 0 Å². The fourth-order valence-corrected chi connectivity index (χ4v) is 2.56. The molecule has 0 aliphatic heterocycles. The third-order valence-electron chi connectivity index (χ3n) is 2.02. The Morgan fingerprint density at radius 3 is 2.93 bits per heavy atom. The Kier molecular flexibility index (Phi) is 2.68. The van der Waals surface area contributed by atoms with Crippen molar-refractivity contribution in [1.82, 2.24) is 9.61 Å². The van der Waals surface area contributed by atoms with Gasteiger partial charge in [-0.3, -0.25) is 0 Å². The normalized spacial score (nSPS) is 13.4. The van der Waals surface area contributed by atoms with Crippen molar-refractivity contribution < 1.29 is 5.11 Å². The standard InChI is InChI=1S/C9H8ClIN2O/c1-5(14)8-6-3-2-4-7(10)13(6)12-9(8)11/h2-5,14H,1H3. The Balaban J connectivity index is 2.83. The van der Waals surface area contributed by atoms with Crippen molar-refractivity contribution in [2.45, 2.75) is 13.0 Å². The summed E-state index contributed by atoms with van der Waals surface area (Å²) in [5.41, 5.74) is 1.69. The Morgan fingerprint density at radius 1 is 1.57 bits per heavy atom. The van der Waals surface area contributed by atoms with Gasteiger partial charge in [-0.1, -0.05) is 17.7 Å². The van der Waals surface area contributed by atoms with Crippen LogP contribution in [0.2, 0.25) is 5.15 Å². The summed E-state index contributed by atoms with van der Waals surface area (Å²) in [6.45, 7) is 1.72. The van der Waals surface area contributed by atoms with E-state index in [1.165, 1.54) is 0 Å². The van der Waals surface area contributed by atoms with E-state index < -0.39 is 6.10 Å². The van der Waals surface area contributed by atoms with Gasteiger partial charge in [0.15, 0.2) is 0 Å². The number of hydrogen-bond donors (Lipinski definition) is 1. The molecule has 0 spiro atoms. The summed E-state index contributed by atoms with van der Waals surface area (Å²) in [5.74, 6) is 0. The molecule has 0 radical (unpaired) electrons. The number of aliphatic hydroxyl groups is 1. The monoisotopic (exact) mass is 322 g/mol. The lowest BCUT2D eigenvalue weighted by Crippen LogP contribution is -1.92. The second-order valence-electron chi connectivity index (χ2n) is 3.03. The highest BCUT2D eigenvalue weighted by atomic mass is 127. The molecule has 0 aromatic carbocycles. The van der Waals surface area contributed by atoms with Crippen LogP contribution in [0.5, 0.6) is 0 Å². The van der Waals surface area contributed by atoms with Gasteiger partial charge in [-0.15, -0.1) is 0 Å². The first-order valence-corrected chi connectivity index (χ1v) is 5.57. The van der Waals surface area contributed by atoms with E-state index in [0.29, 0.717) is 5.15 Å². The lowest BCUT2D eigenvalue weighted by Gasteiger charge is -2.02. The van der Waals surface area contributed by atoms with E-state index in [9.17, 15) is 5.11 Å². The number of aromatic nitrogens is 2. The Hall–Kier alpha value is -0.330. The predicted octanol–water partition coefficient (Wildman–Crippen LogP) is 2.65. The highest BCUT2D eigenvalue weighted by molar-refractivity contribution is 14.1. The molecule has 3 nitrogen and oxygen atoms in total. The highest BCUT2D eigenvalue weighted by Gasteiger charge is 2.15. The number of halogens is 2. The first-order chi connectivity index (χ1) is 6.61. The first-order valence-electron chi connectivity index (χ1n) is 4.12. The molecule has 5 heteroatoms. The molecule has 0 aliphatic carbocycles. The fraction of sp³-hybridized carbons (Fsp3) is 0.222. The van der Waals surface area contributed by atoms with E-state index in [1.54, 1.807) is 17.5 Å². The summed E-state index contributed by atoms with van der Waals surface area (Å²) in [7, 11) is 0. The molecule has 14 heavy (non-hydrogen) atoms. The third kappa shape index (κ3) is 1.51. The lowest BCUT2D eigenvalue weighted by molar-refractivity contribution is 0.200. The van der Waals surface area contributed by atoms with E-state index >= 15 is 0 Å². The van der Waals surface area contributed by atoms with Gasteiger partial charge in [0.25, 0.3) is 0 Å². The van der Waals surface area contributed by atoms with Gasteiger partial charge in [0, 0.05) is 5.56 Å². The summed E-state index contributed by atoms with van der Waals surface area (Å²) in [6.07, 6.45) is -0.530. The minimum absolute atomic E-state index is 0.530. The van der Waals surface area contributed by atoms with Crippen LogP contribution in [0.15, 0.2) is 18.2 Å². The molecule has 0 amide bonds. The third-order valence-corrected chi connectivity index (χ3v) is 3.11. The number of pyridine rings is 1. The Labute approximate surface area is 99.8 Å². The van der Waals surface area contributed by atoms with Gasteiger partial charge in [0.2, 0.25) is 0 Å². The number of rotatable bonds is 1. The maximum atomic E-state index is 9.58. The summed E-state index contributed by atoms with van der Waals surface area (Å²) in [5, 5.41) is 14.4. The molecule has 2 aromatic heterocycles. The summed E-state index contributed by atoms with van der Waals surface area (Å²) in [4.78, 5) is 0. The van der Waals surface area contributed by atoms with Gasteiger partial charge in [0.1, 0.15) is 8.85 Å². The van der Waals surface area contributed by atoms with Crippen LogP contribution in [0.1, 0.15) is 18.6 Å². The molecule has 1 unspecified atom stereocenters. The first kappa shape index (κ1) is 10.2. The molecule has 2 aromatic rings. The molecular formula is C9H8ClIN2O. The summed E-state index contributed by atoms with van der Waals surface area (Å²) in [6, 6.07) is 5.51.